The number of fused-ring (bicyclic) bond motifs is 2. The maximum Gasteiger partial charge on any atom is 0.214 e. The van der Waals surface area contributed by atoms with Crippen molar-refractivity contribution < 1.29 is 4.74 Å². The number of benzene rings is 1. The Hall–Kier alpha value is -3.94. The summed E-state index contributed by atoms with van der Waals surface area (Å²) >= 11 is 0. The normalized spacial score (nSPS) is 11.1. The van der Waals surface area contributed by atoms with Crippen LogP contribution >= 0.6 is 0 Å². The van der Waals surface area contributed by atoms with Crippen LogP contribution in [0.4, 0.5) is 11.5 Å². The first-order valence-corrected chi connectivity index (χ1v) is 8.34. The minimum Gasteiger partial charge on any atom is -0.481 e. The number of hydrogen-bond acceptors (Lipinski definition) is 6. The fraction of sp³-hybridized carbons (Fsp3) is 0.0526. The number of aromatic nitrogens is 6. The summed E-state index contributed by atoms with van der Waals surface area (Å²) in [6, 6.07) is 9.75. The minimum absolute atomic E-state index is 0.528. The Balaban J connectivity index is 1.62. The number of pyridine rings is 1. The average molecular weight is 357 g/mol. The van der Waals surface area contributed by atoms with Gasteiger partial charge in [-0.3, -0.25) is 5.10 Å². The molecule has 5 rings (SSSR count). The van der Waals surface area contributed by atoms with E-state index in [0.717, 1.165) is 33.5 Å². The first kappa shape index (κ1) is 15.3. The van der Waals surface area contributed by atoms with Gasteiger partial charge >= 0.3 is 0 Å². The Morgan fingerprint density at radius 3 is 3.00 bits per heavy atom. The zero-order chi connectivity index (χ0) is 18.2. The fourth-order valence-electron chi connectivity index (χ4n) is 2.99. The van der Waals surface area contributed by atoms with Crippen LogP contribution in [0.5, 0.6) is 5.88 Å². The second-order valence-electron chi connectivity index (χ2n) is 6.02. The van der Waals surface area contributed by atoms with Crippen molar-refractivity contribution in [1.82, 2.24) is 29.5 Å². The van der Waals surface area contributed by atoms with Crippen LogP contribution < -0.4 is 10.1 Å². The van der Waals surface area contributed by atoms with Gasteiger partial charge in [-0.05, 0) is 12.1 Å². The number of hydrogen-bond donors (Lipinski definition) is 2. The van der Waals surface area contributed by atoms with Gasteiger partial charge in [-0.15, -0.1) is 0 Å². The van der Waals surface area contributed by atoms with Gasteiger partial charge in [0.2, 0.25) is 5.88 Å². The SMILES string of the molecule is COc1cc(Nc2nc(-c3ccc4cn[nH]c4c3)cn3ccnc23)ccn1. The van der Waals surface area contributed by atoms with Gasteiger partial charge in [0.1, 0.15) is 0 Å². The quantitative estimate of drug-likeness (QED) is 0.512. The molecule has 0 spiro atoms. The lowest BCUT2D eigenvalue weighted by Crippen LogP contribution is -2.01. The van der Waals surface area contributed by atoms with Gasteiger partial charge in [-0.25, -0.2) is 15.0 Å². The molecule has 132 valence electrons. The van der Waals surface area contributed by atoms with Gasteiger partial charge < -0.3 is 14.5 Å². The number of nitrogens with one attached hydrogen (secondary N) is 2. The zero-order valence-electron chi connectivity index (χ0n) is 14.4. The first-order chi connectivity index (χ1) is 13.3. The molecule has 2 N–H and O–H groups in total. The molecular weight excluding hydrogens is 342 g/mol. The van der Waals surface area contributed by atoms with Crippen molar-refractivity contribution in [3.63, 3.8) is 0 Å². The summed E-state index contributed by atoms with van der Waals surface area (Å²) < 4.78 is 7.13. The standard InChI is InChI=1S/C19H15N7O/c1-27-17-9-14(4-5-20-17)23-18-19-21-6-7-26(19)11-16(24-18)12-2-3-13-10-22-25-15(13)8-12/h2-11H,1H3,(H,22,25)(H,20,23,24). The number of ether oxygens (including phenoxy) is 1. The number of H-pyrrole nitrogens is 1. The molecule has 0 unspecified atom stereocenters. The minimum atomic E-state index is 0.528. The predicted molar refractivity (Wildman–Crippen MR) is 102 cm³/mol. The number of anilines is 2. The average Bonchev–Trinajstić information content (AvgIpc) is 3.36. The lowest BCUT2D eigenvalue weighted by Gasteiger charge is -2.10. The smallest absolute Gasteiger partial charge is 0.214 e. The van der Waals surface area contributed by atoms with E-state index >= 15 is 0 Å². The second-order valence-corrected chi connectivity index (χ2v) is 6.02. The molecule has 8 heteroatoms. The van der Waals surface area contributed by atoms with Crippen LogP contribution in [-0.2, 0) is 0 Å². The third-order valence-electron chi connectivity index (χ3n) is 4.32. The third-order valence-corrected chi connectivity index (χ3v) is 4.32. The van der Waals surface area contributed by atoms with Crippen molar-refractivity contribution in [3.8, 4) is 17.1 Å². The van der Waals surface area contributed by atoms with Gasteiger partial charge in [-0.2, -0.15) is 5.10 Å². The van der Waals surface area contributed by atoms with Crippen LogP contribution in [0, 0.1) is 0 Å². The molecule has 0 saturated carbocycles. The predicted octanol–water partition coefficient (Wildman–Crippen LogP) is 3.42. The summed E-state index contributed by atoms with van der Waals surface area (Å²) in [5, 5.41) is 11.4. The third kappa shape index (κ3) is 2.73. The van der Waals surface area contributed by atoms with Crippen LogP contribution in [0.2, 0.25) is 0 Å². The van der Waals surface area contributed by atoms with Crippen molar-refractivity contribution in [2.24, 2.45) is 0 Å². The maximum absolute atomic E-state index is 5.19. The first-order valence-electron chi connectivity index (χ1n) is 8.34. The van der Waals surface area contributed by atoms with Crippen molar-refractivity contribution in [1.29, 1.82) is 0 Å². The number of nitrogens with zero attached hydrogens (tertiary/aromatic N) is 5. The molecule has 0 atom stereocenters. The molecule has 0 bridgehead atoms. The van der Waals surface area contributed by atoms with E-state index < -0.39 is 0 Å². The zero-order valence-corrected chi connectivity index (χ0v) is 14.4. The number of imidazole rings is 1. The van der Waals surface area contributed by atoms with Crippen molar-refractivity contribution in [2.75, 3.05) is 12.4 Å². The van der Waals surface area contributed by atoms with Gasteiger partial charge in [0.25, 0.3) is 0 Å². The van der Waals surface area contributed by atoms with Crippen molar-refractivity contribution in [2.45, 2.75) is 0 Å². The lowest BCUT2D eigenvalue weighted by atomic mass is 10.1. The molecule has 0 fully saturated rings. The molecule has 0 aliphatic heterocycles. The summed E-state index contributed by atoms with van der Waals surface area (Å²) in [5.41, 5.74) is 4.32. The summed E-state index contributed by atoms with van der Waals surface area (Å²) in [6.07, 6.45) is 9.08. The Morgan fingerprint density at radius 1 is 1.11 bits per heavy atom. The summed E-state index contributed by atoms with van der Waals surface area (Å²) in [5.74, 6) is 1.18. The van der Waals surface area contributed by atoms with Gasteiger partial charge in [0.05, 0.1) is 24.5 Å². The number of rotatable bonds is 4. The number of methoxy groups -OCH3 is 1. The molecule has 0 aliphatic carbocycles. The Bertz CT molecular complexity index is 1260. The summed E-state index contributed by atoms with van der Waals surface area (Å²) in [6.45, 7) is 0. The van der Waals surface area contributed by atoms with Crippen LogP contribution in [-0.4, -0.2) is 36.7 Å². The van der Waals surface area contributed by atoms with E-state index in [4.69, 9.17) is 9.72 Å². The highest BCUT2D eigenvalue weighted by molar-refractivity contribution is 5.83. The Morgan fingerprint density at radius 2 is 2.07 bits per heavy atom. The Labute approximate surface area is 153 Å². The van der Waals surface area contributed by atoms with E-state index in [-0.39, 0.29) is 0 Å². The van der Waals surface area contributed by atoms with E-state index in [2.05, 4.69) is 25.5 Å². The molecule has 1 aromatic carbocycles. The van der Waals surface area contributed by atoms with E-state index in [1.54, 1.807) is 25.7 Å². The van der Waals surface area contributed by atoms with E-state index in [9.17, 15) is 0 Å². The van der Waals surface area contributed by atoms with Crippen LogP contribution in [0.1, 0.15) is 0 Å². The molecule has 0 amide bonds. The largest absolute Gasteiger partial charge is 0.481 e. The highest BCUT2D eigenvalue weighted by Gasteiger charge is 2.11. The molecule has 8 nitrogen and oxygen atoms in total. The van der Waals surface area contributed by atoms with Gasteiger partial charge in [0.15, 0.2) is 11.5 Å². The van der Waals surface area contributed by atoms with Crippen LogP contribution in [0.25, 0.3) is 27.8 Å². The molecule has 5 aromatic rings. The second kappa shape index (κ2) is 6.10. The van der Waals surface area contributed by atoms with Crippen molar-refractivity contribution >= 4 is 28.1 Å². The molecule has 0 saturated heterocycles. The molecule has 4 heterocycles. The van der Waals surface area contributed by atoms with Crippen molar-refractivity contribution in [3.05, 3.63) is 61.3 Å². The van der Waals surface area contributed by atoms with E-state index in [1.165, 1.54) is 0 Å². The molecule has 0 aliphatic rings. The molecule has 4 aromatic heterocycles. The topological polar surface area (TPSA) is 93.0 Å². The molecule has 0 radical (unpaired) electrons. The number of aromatic amines is 1. The van der Waals surface area contributed by atoms with Gasteiger partial charge in [-0.1, -0.05) is 12.1 Å². The van der Waals surface area contributed by atoms with Crippen LogP contribution in [0.3, 0.4) is 0 Å². The summed E-state index contributed by atoms with van der Waals surface area (Å²) in [4.78, 5) is 13.3. The lowest BCUT2D eigenvalue weighted by molar-refractivity contribution is 0.398. The fourth-order valence-corrected chi connectivity index (χ4v) is 2.99. The Kier molecular flexibility index (Phi) is 3.46. The molecular formula is C19H15N7O. The molecule has 27 heavy (non-hydrogen) atoms. The van der Waals surface area contributed by atoms with Gasteiger partial charge in [0, 0.05) is 47.5 Å². The van der Waals surface area contributed by atoms with E-state index in [0.29, 0.717) is 11.7 Å². The highest BCUT2D eigenvalue weighted by atomic mass is 16.5. The maximum atomic E-state index is 5.19. The van der Waals surface area contributed by atoms with E-state index in [1.807, 2.05) is 47.1 Å². The van der Waals surface area contributed by atoms with Crippen LogP contribution in [0.15, 0.2) is 61.3 Å². The summed E-state index contributed by atoms with van der Waals surface area (Å²) in [7, 11) is 1.59. The highest BCUT2D eigenvalue weighted by Crippen LogP contribution is 2.27. The monoisotopic (exact) mass is 357 g/mol.